The predicted octanol–water partition coefficient (Wildman–Crippen LogP) is 3.40. The Bertz CT molecular complexity index is 185. The van der Waals surface area contributed by atoms with Crippen LogP contribution in [-0.2, 0) is 0 Å². The van der Waals surface area contributed by atoms with Crippen molar-refractivity contribution in [2.24, 2.45) is 11.7 Å². The van der Waals surface area contributed by atoms with Crippen LogP contribution in [0.1, 0.15) is 65.7 Å². The summed E-state index contributed by atoms with van der Waals surface area (Å²) < 4.78 is 0. The molecule has 0 bridgehead atoms. The number of rotatable bonds is 8. The average molecular weight is 240 g/mol. The summed E-state index contributed by atoms with van der Waals surface area (Å²) in [6, 6.07) is 1.59. The third-order valence-electron chi connectivity index (χ3n) is 4.15. The van der Waals surface area contributed by atoms with Gasteiger partial charge in [0.1, 0.15) is 0 Å². The van der Waals surface area contributed by atoms with E-state index in [2.05, 4.69) is 25.7 Å². The molecule has 1 aliphatic carbocycles. The maximum Gasteiger partial charge on any atom is 0.00980 e. The first-order valence-corrected chi connectivity index (χ1v) is 7.61. The molecule has 102 valence electrons. The first-order chi connectivity index (χ1) is 8.15. The molecule has 2 nitrogen and oxygen atoms in total. The van der Waals surface area contributed by atoms with Crippen LogP contribution in [0.25, 0.3) is 0 Å². The standard InChI is InChI=1S/C15H32N2/c1-13(2)10-12-17(14(3)7-6-11-16)15-8-4-5-9-15/h13-15H,4-12,16H2,1-3H3. The normalized spacial score (nSPS) is 19.4. The summed E-state index contributed by atoms with van der Waals surface area (Å²) >= 11 is 0. The molecule has 0 amide bonds. The summed E-state index contributed by atoms with van der Waals surface area (Å²) in [4.78, 5) is 2.78. The second kappa shape index (κ2) is 8.10. The van der Waals surface area contributed by atoms with Gasteiger partial charge in [-0.05, 0) is 58.0 Å². The highest BCUT2D eigenvalue weighted by molar-refractivity contribution is 4.81. The van der Waals surface area contributed by atoms with Gasteiger partial charge in [0.15, 0.2) is 0 Å². The van der Waals surface area contributed by atoms with Crippen LogP contribution < -0.4 is 5.73 Å². The predicted molar refractivity (Wildman–Crippen MR) is 76.2 cm³/mol. The van der Waals surface area contributed by atoms with Crippen LogP contribution in [0.5, 0.6) is 0 Å². The SMILES string of the molecule is CC(C)CCN(C(C)CCCN)C1CCCC1. The monoisotopic (exact) mass is 240 g/mol. The lowest BCUT2D eigenvalue weighted by molar-refractivity contribution is 0.130. The van der Waals surface area contributed by atoms with Crippen LogP contribution in [0, 0.1) is 5.92 Å². The van der Waals surface area contributed by atoms with E-state index in [1.807, 2.05) is 0 Å². The fourth-order valence-corrected chi connectivity index (χ4v) is 2.99. The molecule has 2 heteroatoms. The molecule has 0 spiro atoms. The Morgan fingerprint density at radius 2 is 1.76 bits per heavy atom. The fraction of sp³-hybridized carbons (Fsp3) is 1.00. The average Bonchev–Trinajstić information content (AvgIpc) is 2.79. The number of hydrogen-bond donors (Lipinski definition) is 1. The van der Waals surface area contributed by atoms with E-state index in [1.165, 1.54) is 51.5 Å². The number of nitrogens with two attached hydrogens (primary N) is 1. The molecule has 0 radical (unpaired) electrons. The Kier molecular flexibility index (Phi) is 7.14. The van der Waals surface area contributed by atoms with Crippen molar-refractivity contribution in [3.05, 3.63) is 0 Å². The van der Waals surface area contributed by atoms with Crippen molar-refractivity contribution < 1.29 is 0 Å². The maximum absolute atomic E-state index is 5.63. The van der Waals surface area contributed by atoms with E-state index >= 15 is 0 Å². The zero-order chi connectivity index (χ0) is 12.7. The molecule has 1 atom stereocenters. The minimum Gasteiger partial charge on any atom is -0.330 e. The van der Waals surface area contributed by atoms with E-state index in [-0.39, 0.29) is 0 Å². The van der Waals surface area contributed by atoms with Gasteiger partial charge in [-0.1, -0.05) is 26.7 Å². The highest BCUT2D eigenvalue weighted by atomic mass is 15.2. The molecule has 0 saturated heterocycles. The fourth-order valence-electron chi connectivity index (χ4n) is 2.99. The maximum atomic E-state index is 5.63. The lowest BCUT2D eigenvalue weighted by atomic mass is 10.0. The van der Waals surface area contributed by atoms with Crippen LogP contribution in [-0.4, -0.2) is 30.1 Å². The highest BCUT2D eigenvalue weighted by Crippen LogP contribution is 2.26. The first kappa shape index (κ1) is 15.0. The van der Waals surface area contributed by atoms with Gasteiger partial charge in [-0.2, -0.15) is 0 Å². The Morgan fingerprint density at radius 1 is 1.12 bits per heavy atom. The van der Waals surface area contributed by atoms with Crippen molar-refractivity contribution in [3.63, 3.8) is 0 Å². The number of hydrogen-bond acceptors (Lipinski definition) is 2. The zero-order valence-corrected chi connectivity index (χ0v) is 12.1. The molecule has 17 heavy (non-hydrogen) atoms. The minimum absolute atomic E-state index is 0.723. The lowest BCUT2D eigenvalue weighted by Gasteiger charge is -2.35. The van der Waals surface area contributed by atoms with Gasteiger partial charge in [0.2, 0.25) is 0 Å². The zero-order valence-electron chi connectivity index (χ0n) is 12.1. The van der Waals surface area contributed by atoms with Gasteiger partial charge in [-0.25, -0.2) is 0 Å². The third-order valence-corrected chi connectivity index (χ3v) is 4.15. The van der Waals surface area contributed by atoms with Crippen molar-refractivity contribution >= 4 is 0 Å². The minimum atomic E-state index is 0.723. The van der Waals surface area contributed by atoms with Crippen molar-refractivity contribution in [1.82, 2.24) is 4.90 Å². The number of nitrogens with zero attached hydrogens (tertiary/aromatic N) is 1. The molecule has 1 aliphatic rings. The molecule has 0 aromatic carbocycles. The molecule has 0 aromatic rings. The van der Waals surface area contributed by atoms with Crippen LogP contribution >= 0.6 is 0 Å². The quantitative estimate of drug-likeness (QED) is 0.704. The van der Waals surface area contributed by atoms with E-state index in [0.29, 0.717) is 0 Å². The third kappa shape index (κ3) is 5.39. The van der Waals surface area contributed by atoms with E-state index in [0.717, 1.165) is 24.5 Å². The van der Waals surface area contributed by atoms with E-state index < -0.39 is 0 Å². The highest BCUT2D eigenvalue weighted by Gasteiger charge is 2.25. The second-order valence-electron chi connectivity index (χ2n) is 6.14. The van der Waals surface area contributed by atoms with Crippen LogP contribution in [0.2, 0.25) is 0 Å². The molecular weight excluding hydrogens is 208 g/mol. The van der Waals surface area contributed by atoms with Crippen molar-refractivity contribution in [2.75, 3.05) is 13.1 Å². The Labute approximate surface area is 108 Å². The molecule has 0 aliphatic heterocycles. The summed E-state index contributed by atoms with van der Waals surface area (Å²) in [5.41, 5.74) is 5.63. The Hall–Kier alpha value is -0.0800. The molecule has 0 aromatic heterocycles. The summed E-state index contributed by atoms with van der Waals surface area (Å²) in [6.45, 7) is 9.18. The molecule has 1 unspecified atom stereocenters. The summed E-state index contributed by atoms with van der Waals surface area (Å²) in [5, 5.41) is 0. The summed E-state index contributed by atoms with van der Waals surface area (Å²) in [6.07, 6.45) is 9.50. The topological polar surface area (TPSA) is 29.3 Å². The van der Waals surface area contributed by atoms with E-state index in [1.54, 1.807) is 0 Å². The van der Waals surface area contributed by atoms with Gasteiger partial charge in [0.05, 0.1) is 0 Å². The van der Waals surface area contributed by atoms with Crippen LogP contribution in [0.3, 0.4) is 0 Å². The molecule has 2 N–H and O–H groups in total. The van der Waals surface area contributed by atoms with E-state index in [4.69, 9.17) is 5.73 Å². The van der Waals surface area contributed by atoms with Gasteiger partial charge in [-0.3, -0.25) is 4.90 Å². The van der Waals surface area contributed by atoms with Gasteiger partial charge in [-0.15, -0.1) is 0 Å². The largest absolute Gasteiger partial charge is 0.330 e. The van der Waals surface area contributed by atoms with Gasteiger partial charge in [0.25, 0.3) is 0 Å². The van der Waals surface area contributed by atoms with Gasteiger partial charge < -0.3 is 5.73 Å². The van der Waals surface area contributed by atoms with Gasteiger partial charge in [0, 0.05) is 12.1 Å². The second-order valence-corrected chi connectivity index (χ2v) is 6.14. The van der Waals surface area contributed by atoms with Crippen molar-refractivity contribution in [3.8, 4) is 0 Å². The Morgan fingerprint density at radius 3 is 2.29 bits per heavy atom. The van der Waals surface area contributed by atoms with Crippen molar-refractivity contribution in [2.45, 2.75) is 77.8 Å². The van der Waals surface area contributed by atoms with Gasteiger partial charge >= 0.3 is 0 Å². The van der Waals surface area contributed by atoms with Crippen LogP contribution in [0.15, 0.2) is 0 Å². The van der Waals surface area contributed by atoms with E-state index in [9.17, 15) is 0 Å². The lowest BCUT2D eigenvalue weighted by Crippen LogP contribution is -2.41. The smallest absolute Gasteiger partial charge is 0.00980 e. The Balaban J connectivity index is 2.44. The molecule has 0 heterocycles. The first-order valence-electron chi connectivity index (χ1n) is 7.61. The molecular formula is C15H32N2. The molecule has 1 fully saturated rings. The molecule has 1 rings (SSSR count). The van der Waals surface area contributed by atoms with Crippen LogP contribution in [0.4, 0.5) is 0 Å². The summed E-state index contributed by atoms with van der Waals surface area (Å²) in [7, 11) is 0. The van der Waals surface area contributed by atoms with Crippen molar-refractivity contribution in [1.29, 1.82) is 0 Å². The summed E-state index contributed by atoms with van der Waals surface area (Å²) in [5.74, 6) is 0.820. The molecule has 1 saturated carbocycles.